The van der Waals surface area contributed by atoms with Gasteiger partial charge in [0.25, 0.3) is 5.24 Å². The van der Waals surface area contributed by atoms with Crippen LogP contribution in [0, 0.1) is 11.6 Å². The Morgan fingerprint density at radius 2 is 1.81 bits per heavy atom. The lowest BCUT2D eigenvalue weighted by Gasteiger charge is -2.10. The molecule has 1 aromatic heterocycles. The molecule has 0 fully saturated rings. The fraction of sp³-hybridized carbons (Fsp3) is 0.105. The van der Waals surface area contributed by atoms with Crippen molar-refractivity contribution in [1.29, 1.82) is 0 Å². The lowest BCUT2D eigenvalue weighted by molar-refractivity contribution is 0.105. The maximum absolute atomic E-state index is 13.6. The van der Waals surface area contributed by atoms with Crippen molar-refractivity contribution in [2.24, 2.45) is 0 Å². The van der Waals surface area contributed by atoms with E-state index in [9.17, 15) is 13.6 Å². The van der Waals surface area contributed by atoms with Crippen LogP contribution in [0.15, 0.2) is 57.8 Å². The van der Waals surface area contributed by atoms with Gasteiger partial charge in [0.15, 0.2) is 17.4 Å². The highest BCUT2D eigenvalue weighted by molar-refractivity contribution is 7.98. The predicted octanol–water partition coefficient (Wildman–Crippen LogP) is 5.90. The van der Waals surface area contributed by atoms with E-state index >= 15 is 0 Å². The fourth-order valence-electron chi connectivity index (χ4n) is 2.37. The lowest BCUT2D eigenvalue weighted by atomic mass is 10.1. The molecule has 0 bridgehead atoms. The Kier molecular flexibility index (Phi) is 5.64. The molecular formula is C19H13ClF2O3S. The average Bonchev–Trinajstić information content (AvgIpc) is 3.12. The average molecular weight is 395 g/mol. The van der Waals surface area contributed by atoms with Gasteiger partial charge < -0.3 is 9.15 Å². The SMILES string of the molecule is CSc1cc(F)c(F)cc1-c1ccc(OCc2ccc(C(=O)Cl)o2)cc1. The van der Waals surface area contributed by atoms with Gasteiger partial charge in [0, 0.05) is 4.90 Å². The molecule has 2 aromatic carbocycles. The van der Waals surface area contributed by atoms with E-state index in [4.69, 9.17) is 20.8 Å². The van der Waals surface area contributed by atoms with E-state index < -0.39 is 16.9 Å². The molecule has 26 heavy (non-hydrogen) atoms. The molecule has 1 heterocycles. The minimum absolute atomic E-state index is 0.0588. The number of hydrogen-bond donors (Lipinski definition) is 0. The standard InChI is InChI=1S/C19H13ClF2O3S/c1-26-18-9-16(22)15(21)8-14(18)11-2-4-12(5-3-11)24-10-13-6-7-17(25-13)19(20)23/h2-9H,10H2,1H3. The van der Waals surface area contributed by atoms with E-state index in [2.05, 4.69) is 0 Å². The third kappa shape index (κ3) is 4.08. The molecule has 3 nitrogen and oxygen atoms in total. The first-order valence-electron chi connectivity index (χ1n) is 7.52. The van der Waals surface area contributed by atoms with Crippen molar-refractivity contribution in [2.45, 2.75) is 11.5 Å². The van der Waals surface area contributed by atoms with Crippen molar-refractivity contribution in [3.8, 4) is 16.9 Å². The summed E-state index contributed by atoms with van der Waals surface area (Å²) in [5, 5.41) is -0.670. The second-order valence-corrected chi connectivity index (χ2v) is 6.51. The quantitative estimate of drug-likeness (QED) is 0.385. The number of ether oxygens (including phenoxy) is 1. The highest BCUT2D eigenvalue weighted by atomic mass is 35.5. The zero-order valence-corrected chi connectivity index (χ0v) is 15.2. The molecule has 0 N–H and O–H groups in total. The first-order valence-corrected chi connectivity index (χ1v) is 9.13. The summed E-state index contributed by atoms with van der Waals surface area (Å²) in [6.45, 7) is 0.130. The Bertz CT molecular complexity index is 938. The Morgan fingerprint density at radius 1 is 1.12 bits per heavy atom. The van der Waals surface area contributed by atoms with Crippen molar-refractivity contribution < 1.29 is 22.7 Å². The molecule has 0 atom stereocenters. The minimum Gasteiger partial charge on any atom is -0.486 e. The van der Waals surface area contributed by atoms with Crippen molar-refractivity contribution in [1.82, 2.24) is 0 Å². The number of rotatable bonds is 6. The molecule has 0 saturated carbocycles. The summed E-state index contributed by atoms with van der Waals surface area (Å²) in [7, 11) is 0. The van der Waals surface area contributed by atoms with Gasteiger partial charge in [0.05, 0.1) is 0 Å². The Hall–Kier alpha value is -2.31. The Balaban J connectivity index is 1.74. The lowest BCUT2D eigenvalue weighted by Crippen LogP contribution is -1.94. The van der Waals surface area contributed by atoms with Crippen LogP contribution in [0.2, 0.25) is 0 Å². The monoisotopic (exact) mass is 394 g/mol. The summed E-state index contributed by atoms with van der Waals surface area (Å²) in [5.74, 6) is -0.670. The van der Waals surface area contributed by atoms with Crippen molar-refractivity contribution >= 4 is 28.6 Å². The first-order chi connectivity index (χ1) is 12.5. The predicted molar refractivity (Wildman–Crippen MR) is 96.8 cm³/mol. The molecule has 7 heteroatoms. The number of thioether (sulfide) groups is 1. The minimum atomic E-state index is -0.888. The van der Waals surface area contributed by atoms with Gasteiger partial charge in [0.1, 0.15) is 18.1 Å². The maximum Gasteiger partial charge on any atom is 0.287 e. The number of benzene rings is 2. The molecule has 0 aliphatic heterocycles. The second kappa shape index (κ2) is 7.93. The van der Waals surface area contributed by atoms with Gasteiger partial charge in [0.2, 0.25) is 0 Å². The zero-order chi connectivity index (χ0) is 18.7. The summed E-state index contributed by atoms with van der Waals surface area (Å²) in [6.07, 6.45) is 1.80. The van der Waals surface area contributed by atoms with Gasteiger partial charge in [-0.2, -0.15) is 0 Å². The highest BCUT2D eigenvalue weighted by Gasteiger charge is 2.12. The number of hydrogen-bond acceptors (Lipinski definition) is 4. The van der Waals surface area contributed by atoms with Crippen LogP contribution in [-0.2, 0) is 6.61 Å². The molecule has 134 valence electrons. The summed E-state index contributed by atoms with van der Waals surface area (Å²) in [5.41, 5.74) is 1.35. The maximum atomic E-state index is 13.6. The smallest absolute Gasteiger partial charge is 0.287 e. The molecule has 0 radical (unpaired) electrons. The number of carbonyl (C=O) groups is 1. The van der Waals surface area contributed by atoms with Crippen molar-refractivity contribution in [3.05, 3.63) is 71.7 Å². The summed E-state index contributed by atoms with van der Waals surface area (Å²) >= 11 is 6.67. The number of carbonyl (C=O) groups excluding carboxylic acids is 1. The molecule has 0 amide bonds. The van der Waals surface area contributed by atoms with Gasteiger partial charge in [-0.15, -0.1) is 11.8 Å². The van der Waals surface area contributed by atoms with Crippen molar-refractivity contribution in [2.75, 3.05) is 6.26 Å². The van der Waals surface area contributed by atoms with Crippen molar-refractivity contribution in [3.63, 3.8) is 0 Å². The highest BCUT2D eigenvalue weighted by Crippen LogP contribution is 2.33. The molecule has 0 aliphatic rings. The Labute approximate surface area is 157 Å². The van der Waals surface area contributed by atoms with Crippen LogP contribution in [0.3, 0.4) is 0 Å². The van der Waals surface area contributed by atoms with Crippen LogP contribution in [0.25, 0.3) is 11.1 Å². The number of halogens is 3. The van der Waals surface area contributed by atoms with Crippen LogP contribution < -0.4 is 4.74 Å². The fourth-order valence-corrected chi connectivity index (χ4v) is 3.09. The molecule has 0 spiro atoms. The first kappa shape index (κ1) is 18.5. The normalized spacial score (nSPS) is 10.8. The third-order valence-corrected chi connectivity index (χ3v) is 4.61. The van der Waals surface area contributed by atoms with E-state index in [0.717, 1.165) is 5.56 Å². The van der Waals surface area contributed by atoms with Gasteiger partial charge in [-0.05, 0) is 65.4 Å². The van der Waals surface area contributed by atoms with E-state index in [1.807, 2.05) is 0 Å². The van der Waals surface area contributed by atoms with E-state index in [1.165, 1.54) is 30.0 Å². The number of furan rings is 1. The van der Waals surface area contributed by atoms with Gasteiger partial charge in [-0.1, -0.05) is 12.1 Å². The van der Waals surface area contributed by atoms with Gasteiger partial charge in [-0.25, -0.2) is 8.78 Å². The van der Waals surface area contributed by atoms with Gasteiger partial charge in [-0.3, -0.25) is 4.79 Å². The van der Waals surface area contributed by atoms with E-state index in [0.29, 0.717) is 22.0 Å². The Morgan fingerprint density at radius 3 is 2.42 bits per heavy atom. The molecule has 3 aromatic rings. The third-order valence-electron chi connectivity index (χ3n) is 3.64. The molecule has 0 unspecified atom stereocenters. The molecule has 3 rings (SSSR count). The largest absolute Gasteiger partial charge is 0.486 e. The van der Waals surface area contributed by atoms with Crippen LogP contribution in [0.4, 0.5) is 8.78 Å². The molecule has 0 aliphatic carbocycles. The van der Waals surface area contributed by atoms with Crippen LogP contribution in [0.5, 0.6) is 5.75 Å². The second-order valence-electron chi connectivity index (χ2n) is 5.32. The van der Waals surface area contributed by atoms with Gasteiger partial charge >= 0.3 is 0 Å². The van der Waals surface area contributed by atoms with Crippen LogP contribution >= 0.6 is 23.4 Å². The topological polar surface area (TPSA) is 39.4 Å². The van der Waals surface area contributed by atoms with E-state index in [-0.39, 0.29) is 12.4 Å². The van der Waals surface area contributed by atoms with E-state index in [1.54, 1.807) is 36.6 Å². The zero-order valence-electron chi connectivity index (χ0n) is 13.6. The summed E-state index contributed by atoms with van der Waals surface area (Å²) < 4.78 is 37.8. The molecular weight excluding hydrogens is 382 g/mol. The molecule has 0 saturated heterocycles. The van der Waals surface area contributed by atoms with Crippen LogP contribution in [0.1, 0.15) is 16.3 Å². The summed E-state index contributed by atoms with van der Waals surface area (Å²) in [6, 6.07) is 12.4. The van der Waals surface area contributed by atoms with Crippen LogP contribution in [-0.4, -0.2) is 11.5 Å². The summed E-state index contributed by atoms with van der Waals surface area (Å²) in [4.78, 5) is 11.6.